The van der Waals surface area contributed by atoms with E-state index in [0.29, 0.717) is 11.9 Å². The van der Waals surface area contributed by atoms with E-state index in [1.807, 2.05) is 36.4 Å². The fourth-order valence-corrected chi connectivity index (χ4v) is 2.67. The Hall–Kier alpha value is -2.40. The number of para-hydroxylation sites is 1. The lowest BCUT2D eigenvalue weighted by atomic mass is 10.0. The average Bonchev–Trinajstić information content (AvgIpc) is 2.58. The first kappa shape index (κ1) is 16.5. The molecule has 0 amide bonds. The Balaban J connectivity index is 1.80. The number of hydrogen-bond acceptors (Lipinski definition) is 4. The molecule has 0 saturated carbocycles. The molecule has 5 heteroatoms. The van der Waals surface area contributed by atoms with Crippen LogP contribution in [0, 0.1) is 0 Å². The minimum Gasteiger partial charge on any atom is -0.340 e. The largest absolute Gasteiger partial charge is 0.340 e. The Kier molecular flexibility index (Phi) is 5.11. The smallest absolute Gasteiger partial charge is 0.229 e. The van der Waals surface area contributed by atoms with Crippen LogP contribution in [-0.4, -0.2) is 9.97 Å². The van der Waals surface area contributed by atoms with E-state index in [1.165, 1.54) is 5.56 Å². The number of anilines is 4. The average molecular weight is 383 g/mol. The van der Waals surface area contributed by atoms with Gasteiger partial charge in [-0.3, -0.25) is 0 Å². The molecule has 24 heavy (non-hydrogen) atoms. The summed E-state index contributed by atoms with van der Waals surface area (Å²) in [5, 5.41) is 6.60. The van der Waals surface area contributed by atoms with E-state index < -0.39 is 0 Å². The molecular formula is C19H19BrN4. The Morgan fingerprint density at radius 1 is 0.917 bits per heavy atom. The molecule has 3 rings (SSSR count). The topological polar surface area (TPSA) is 49.8 Å². The molecule has 0 fully saturated rings. The number of nitrogens with zero attached hydrogens (tertiary/aromatic N) is 2. The van der Waals surface area contributed by atoms with Gasteiger partial charge in [-0.25, -0.2) is 4.98 Å². The van der Waals surface area contributed by atoms with Crippen LogP contribution in [0.4, 0.5) is 23.1 Å². The molecule has 1 aromatic heterocycles. The predicted molar refractivity (Wildman–Crippen MR) is 103 cm³/mol. The summed E-state index contributed by atoms with van der Waals surface area (Å²) in [6, 6.07) is 18.0. The van der Waals surface area contributed by atoms with Crippen molar-refractivity contribution in [2.24, 2.45) is 0 Å². The summed E-state index contributed by atoms with van der Waals surface area (Å²) >= 11 is 3.43. The van der Waals surface area contributed by atoms with Gasteiger partial charge < -0.3 is 10.6 Å². The van der Waals surface area contributed by atoms with Crippen LogP contribution in [-0.2, 0) is 0 Å². The summed E-state index contributed by atoms with van der Waals surface area (Å²) in [5.74, 6) is 1.76. The zero-order valence-corrected chi connectivity index (χ0v) is 15.2. The third kappa shape index (κ3) is 4.11. The molecule has 0 saturated heterocycles. The summed E-state index contributed by atoms with van der Waals surface area (Å²) in [4.78, 5) is 8.82. The van der Waals surface area contributed by atoms with Gasteiger partial charge in [0.05, 0.1) is 0 Å². The van der Waals surface area contributed by atoms with Crippen molar-refractivity contribution in [3.8, 4) is 0 Å². The third-order valence-corrected chi connectivity index (χ3v) is 4.13. The van der Waals surface area contributed by atoms with Gasteiger partial charge in [-0.1, -0.05) is 48.0 Å². The molecule has 0 aliphatic carbocycles. The Bertz CT molecular complexity index is 816. The Morgan fingerprint density at radius 3 is 2.42 bits per heavy atom. The van der Waals surface area contributed by atoms with Crippen LogP contribution in [0.1, 0.15) is 25.3 Å². The second-order valence-corrected chi connectivity index (χ2v) is 6.68. The quantitative estimate of drug-likeness (QED) is 0.580. The molecule has 0 radical (unpaired) electrons. The molecule has 0 aliphatic heterocycles. The van der Waals surface area contributed by atoms with Crippen molar-refractivity contribution in [3.05, 3.63) is 70.8 Å². The maximum absolute atomic E-state index is 4.54. The molecular weight excluding hydrogens is 364 g/mol. The maximum Gasteiger partial charge on any atom is 0.229 e. The summed E-state index contributed by atoms with van der Waals surface area (Å²) in [6.45, 7) is 4.36. The van der Waals surface area contributed by atoms with Crippen LogP contribution >= 0.6 is 15.9 Å². The van der Waals surface area contributed by atoms with Gasteiger partial charge in [-0.05, 0) is 47.9 Å². The first-order valence-electron chi connectivity index (χ1n) is 7.83. The number of benzene rings is 2. The van der Waals surface area contributed by atoms with E-state index in [4.69, 9.17) is 0 Å². The Morgan fingerprint density at radius 2 is 1.67 bits per heavy atom. The van der Waals surface area contributed by atoms with Crippen molar-refractivity contribution in [1.82, 2.24) is 9.97 Å². The fraction of sp³-hybridized carbons (Fsp3) is 0.158. The standard InChI is InChI=1S/C19H19BrN4/c1-13(2)16-5-3-4-6-17(16)23-18-11-12-21-19(24-18)22-15-9-7-14(20)8-10-15/h3-13H,1-2H3,(H2,21,22,23,24). The van der Waals surface area contributed by atoms with Gasteiger partial charge in [0.15, 0.2) is 0 Å². The van der Waals surface area contributed by atoms with Crippen LogP contribution < -0.4 is 10.6 Å². The number of aromatic nitrogens is 2. The zero-order valence-electron chi connectivity index (χ0n) is 13.6. The maximum atomic E-state index is 4.54. The van der Waals surface area contributed by atoms with Gasteiger partial charge in [0.1, 0.15) is 5.82 Å². The molecule has 0 spiro atoms. The zero-order chi connectivity index (χ0) is 16.9. The van der Waals surface area contributed by atoms with Crippen molar-refractivity contribution >= 4 is 39.1 Å². The molecule has 4 nitrogen and oxygen atoms in total. The molecule has 0 aliphatic rings. The molecule has 0 atom stereocenters. The molecule has 122 valence electrons. The molecule has 2 aromatic carbocycles. The number of halogens is 1. The highest BCUT2D eigenvalue weighted by Crippen LogP contribution is 2.26. The second kappa shape index (κ2) is 7.45. The number of nitrogens with one attached hydrogen (secondary N) is 2. The van der Waals surface area contributed by atoms with E-state index in [1.54, 1.807) is 6.20 Å². The summed E-state index contributed by atoms with van der Waals surface area (Å²) < 4.78 is 1.04. The van der Waals surface area contributed by atoms with Crippen LogP contribution in [0.3, 0.4) is 0 Å². The van der Waals surface area contributed by atoms with Gasteiger partial charge in [-0.2, -0.15) is 4.98 Å². The monoisotopic (exact) mass is 382 g/mol. The lowest BCUT2D eigenvalue weighted by molar-refractivity contribution is 0.869. The van der Waals surface area contributed by atoms with Crippen molar-refractivity contribution in [1.29, 1.82) is 0 Å². The highest BCUT2D eigenvalue weighted by molar-refractivity contribution is 9.10. The fourth-order valence-electron chi connectivity index (χ4n) is 2.40. The van der Waals surface area contributed by atoms with E-state index in [-0.39, 0.29) is 0 Å². The molecule has 1 heterocycles. The van der Waals surface area contributed by atoms with Crippen LogP contribution in [0.2, 0.25) is 0 Å². The van der Waals surface area contributed by atoms with Crippen molar-refractivity contribution in [2.75, 3.05) is 10.6 Å². The van der Waals surface area contributed by atoms with Gasteiger partial charge in [-0.15, -0.1) is 0 Å². The summed E-state index contributed by atoms with van der Waals surface area (Å²) in [7, 11) is 0. The third-order valence-electron chi connectivity index (χ3n) is 3.60. The molecule has 3 aromatic rings. The van der Waals surface area contributed by atoms with E-state index in [9.17, 15) is 0 Å². The minimum atomic E-state index is 0.441. The predicted octanol–water partition coefficient (Wildman–Crippen LogP) is 5.85. The van der Waals surface area contributed by atoms with Gasteiger partial charge in [0, 0.05) is 22.0 Å². The van der Waals surface area contributed by atoms with Gasteiger partial charge in [0.25, 0.3) is 0 Å². The molecule has 2 N–H and O–H groups in total. The van der Waals surface area contributed by atoms with Crippen molar-refractivity contribution < 1.29 is 0 Å². The highest BCUT2D eigenvalue weighted by atomic mass is 79.9. The van der Waals surface area contributed by atoms with Gasteiger partial charge in [0.2, 0.25) is 5.95 Å². The lowest BCUT2D eigenvalue weighted by Crippen LogP contribution is -2.02. The van der Waals surface area contributed by atoms with E-state index >= 15 is 0 Å². The molecule has 0 unspecified atom stereocenters. The van der Waals surface area contributed by atoms with E-state index in [0.717, 1.165) is 21.7 Å². The first-order chi connectivity index (χ1) is 11.6. The van der Waals surface area contributed by atoms with Crippen LogP contribution in [0.25, 0.3) is 0 Å². The SMILES string of the molecule is CC(C)c1ccccc1Nc1ccnc(Nc2ccc(Br)cc2)n1. The number of hydrogen-bond donors (Lipinski definition) is 2. The molecule has 0 bridgehead atoms. The lowest BCUT2D eigenvalue weighted by Gasteiger charge is -2.14. The highest BCUT2D eigenvalue weighted by Gasteiger charge is 2.07. The van der Waals surface area contributed by atoms with Crippen molar-refractivity contribution in [2.45, 2.75) is 19.8 Å². The first-order valence-corrected chi connectivity index (χ1v) is 8.63. The second-order valence-electron chi connectivity index (χ2n) is 5.76. The van der Waals surface area contributed by atoms with Crippen LogP contribution in [0.15, 0.2) is 65.3 Å². The summed E-state index contributed by atoms with van der Waals surface area (Å²) in [6.07, 6.45) is 1.74. The van der Waals surface area contributed by atoms with Crippen LogP contribution in [0.5, 0.6) is 0 Å². The van der Waals surface area contributed by atoms with Gasteiger partial charge >= 0.3 is 0 Å². The summed E-state index contributed by atoms with van der Waals surface area (Å²) in [5.41, 5.74) is 3.28. The normalized spacial score (nSPS) is 10.7. The Labute approximate surface area is 150 Å². The van der Waals surface area contributed by atoms with Crippen molar-refractivity contribution in [3.63, 3.8) is 0 Å². The minimum absolute atomic E-state index is 0.441. The van der Waals surface area contributed by atoms with E-state index in [2.05, 4.69) is 68.6 Å². The number of rotatable bonds is 5.